The van der Waals surface area contributed by atoms with Gasteiger partial charge in [-0.2, -0.15) is 5.10 Å². The van der Waals surface area contributed by atoms with Crippen LogP contribution < -0.4 is 4.90 Å². The van der Waals surface area contributed by atoms with Crippen LogP contribution in [0.5, 0.6) is 0 Å². The molecule has 0 aromatic carbocycles. The number of H-pyrrole nitrogens is 1. The smallest absolute Gasteiger partial charge is 0.225 e. The third-order valence-corrected chi connectivity index (χ3v) is 3.21. The molecule has 7 heteroatoms. The first-order chi connectivity index (χ1) is 8.17. The number of hydrogen-bond acceptors (Lipinski definition) is 5. The van der Waals surface area contributed by atoms with Gasteiger partial charge in [0.2, 0.25) is 5.95 Å². The molecule has 0 bridgehead atoms. The minimum absolute atomic E-state index is 0.469. The van der Waals surface area contributed by atoms with E-state index in [2.05, 4.69) is 36.1 Å². The predicted molar refractivity (Wildman–Crippen MR) is 64.4 cm³/mol. The fourth-order valence-corrected chi connectivity index (χ4v) is 2.09. The third-order valence-electron chi connectivity index (χ3n) is 2.80. The van der Waals surface area contributed by atoms with E-state index in [9.17, 15) is 5.11 Å². The van der Waals surface area contributed by atoms with Crippen LogP contribution in [0, 0.1) is 0 Å². The van der Waals surface area contributed by atoms with Crippen LogP contribution in [0.3, 0.4) is 0 Å². The molecule has 0 amide bonds. The zero-order valence-corrected chi connectivity index (χ0v) is 10.4. The van der Waals surface area contributed by atoms with E-state index < -0.39 is 5.60 Å². The van der Waals surface area contributed by atoms with Crippen LogP contribution in [0.15, 0.2) is 29.1 Å². The van der Waals surface area contributed by atoms with E-state index in [0.717, 1.165) is 10.2 Å². The molecule has 0 unspecified atom stereocenters. The maximum Gasteiger partial charge on any atom is 0.225 e. The lowest BCUT2D eigenvalue weighted by Gasteiger charge is -2.45. The van der Waals surface area contributed by atoms with Gasteiger partial charge in [-0.1, -0.05) is 0 Å². The second-order valence-corrected chi connectivity index (χ2v) is 4.97. The standard InChI is InChI=1S/C10H10BrN5O/c11-7-3-12-9(13-4-7)16-5-10(17,6-16)8-1-2-14-15-8/h1-4,17H,5-6H2,(H,14,15). The summed E-state index contributed by atoms with van der Waals surface area (Å²) in [5.41, 5.74) is -0.140. The number of nitrogens with one attached hydrogen (secondary N) is 1. The van der Waals surface area contributed by atoms with Crippen molar-refractivity contribution in [2.45, 2.75) is 5.60 Å². The Hall–Kier alpha value is -1.47. The Balaban J connectivity index is 1.74. The molecule has 1 fully saturated rings. The summed E-state index contributed by atoms with van der Waals surface area (Å²) in [6.45, 7) is 0.938. The number of rotatable bonds is 2. The molecule has 17 heavy (non-hydrogen) atoms. The van der Waals surface area contributed by atoms with Crippen molar-refractivity contribution in [3.05, 3.63) is 34.8 Å². The highest BCUT2D eigenvalue weighted by Crippen LogP contribution is 2.32. The van der Waals surface area contributed by atoms with E-state index in [4.69, 9.17) is 0 Å². The van der Waals surface area contributed by atoms with Gasteiger partial charge in [-0.25, -0.2) is 9.97 Å². The number of nitrogens with zero attached hydrogens (tertiary/aromatic N) is 4. The summed E-state index contributed by atoms with van der Waals surface area (Å²) in [5.74, 6) is 0.623. The molecule has 6 nitrogen and oxygen atoms in total. The Labute approximate surface area is 106 Å². The maximum absolute atomic E-state index is 10.3. The molecule has 2 N–H and O–H groups in total. The summed E-state index contributed by atoms with van der Waals surface area (Å²) in [4.78, 5) is 10.3. The molecule has 1 aliphatic rings. The van der Waals surface area contributed by atoms with Gasteiger partial charge in [-0.3, -0.25) is 5.10 Å². The van der Waals surface area contributed by atoms with Gasteiger partial charge in [-0.15, -0.1) is 0 Å². The number of hydrogen-bond donors (Lipinski definition) is 2. The first-order valence-corrected chi connectivity index (χ1v) is 5.91. The molecule has 1 saturated heterocycles. The highest BCUT2D eigenvalue weighted by Gasteiger charge is 2.45. The zero-order valence-electron chi connectivity index (χ0n) is 8.84. The number of halogens is 1. The van der Waals surface area contributed by atoms with Crippen LogP contribution >= 0.6 is 15.9 Å². The minimum Gasteiger partial charge on any atom is -0.380 e. The lowest BCUT2D eigenvalue weighted by Crippen LogP contribution is -2.60. The van der Waals surface area contributed by atoms with Crippen molar-refractivity contribution in [3.63, 3.8) is 0 Å². The van der Waals surface area contributed by atoms with Crippen molar-refractivity contribution in [2.75, 3.05) is 18.0 Å². The van der Waals surface area contributed by atoms with Crippen LogP contribution in [-0.2, 0) is 5.60 Å². The molecule has 0 atom stereocenters. The summed E-state index contributed by atoms with van der Waals surface area (Å²) in [6, 6.07) is 1.78. The Morgan fingerprint density at radius 2 is 2.06 bits per heavy atom. The fraction of sp³-hybridized carbons (Fsp3) is 0.300. The van der Waals surface area contributed by atoms with E-state index in [1.54, 1.807) is 24.7 Å². The van der Waals surface area contributed by atoms with Gasteiger partial charge in [0.15, 0.2) is 0 Å². The Kier molecular flexibility index (Phi) is 2.37. The fourth-order valence-electron chi connectivity index (χ4n) is 1.88. The minimum atomic E-state index is -0.868. The van der Waals surface area contributed by atoms with Crippen LogP contribution in [0.1, 0.15) is 5.69 Å². The normalized spacial score (nSPS) is 17.9. The molecule has 0 radical (unpaired) electrons. The molecule has 0 spiro atoms. The molecule has 3 heterocycles. The second-order valence-electron chi connectivity index (χ2n) is 4.06. The van der Waals surface area contributed by atoms with Gasteiger partial charge in [0.25, 0.3) is 0 Å². The molecule has 1 aliphatic heterocycles. The number of anilines is 1. The monoisotopic (exact) mass is 295 g/mol. The quantitative estimate of drug-likeness (QED) is 0.851. The average Bonchev–Trinajstić information content (AvgIpc) is 2.80. The first-order valence-electron chi connectivity index (χ1n) is 5.12. The molecule has 2 aromatic heterocycles. The molecule has 0 saturated carbocycles. The number of β-amino-alcohol motifs (C(OH)–C–C–N with tert-alkyl or cyclic N) is 1. The van der Waals surface area contributed by atoms with Crippen molar-refractivity contribution in [2.24, 2.45) is 0 Å². The lowest BCUT2D eigenvalue weighted by atomic mass is 9.91. The second kappa shape index (κ2) is 3.78. The van der Waals surface area contributed by atoms with Crippen molar-refractivity contribution in [1.29, 1.82) is 0 Å². The van der Waals surface area contributed by atoms with Crippen molar-refractivity contribution in [3.8, 4) is 0 Å². The summed E-state index contributed by atoms with van der Waals surface area (Å²) in [5, 5.41) is 16.9. The summed E-state index contributed by atoms with van der Waals surface area (Å²) >= 11 is 3.28. The highest BCUT2D eigenvalue weighted by atomic mass is 79.9. The molecular formula is C10H10BrN5O. The lowest BCUT2D eigenvalue weighted by molar-refractivity contribution is 0.00238. The molecular weight excluding hydrogens is 286 g/mol. The summed E-state index contributed by atoms with van der Waals surface area (Å²) in [7, 11) is 0. The van der Waals surface area contributed by atoms with Crippen molar-refractivity contribution >= 4 is 21.9 Å². The maximum atomic E-state index is 10.3. The predicted octanol–water partition coefficient (Wildman–Crippen LogP) is 0.670. The Bertz CT molecular complexity index is 506. The molecule has 0 aliphatic carbocycles. The van der Waals surface area contributed by atoms with Crippen molar-refractivity contribution < 1.29 is 5.11 Å². The van der Waals surface area contributed by atoms with E-state index in [-0.39, 0.29) is 0 Å². The van der Waals surface area contributed by atoms with Crippen LogP contribution in [-0.4, -0.2) is 38.4 Å². The summed E-state index contributed by atoms with van der Waals surface area (Å²) in [6.07, 6.45) is 5.01. The SMILES string of the molecule is OC1(c2ccn[nH]2)CN(c2ncc(Br)cn2)C1. The van der Waals surface area contributed by atoms with Gasteiger partial charge in [0.1, 0.15) is 5.60 Å². The van der Waals surface area contributed by atoms with Gasteiger partial charge < -0.3 is 10.0 Å². The molecule has 2 aromatic rings. The largest absolute Gasteiger partial charge is 0.380 e. The first kappa shape index (κ1) is 10.7. The molecule has 3 rings (SSSR count). The average molecular weight is 296 g/mol. The van der Waals surface area contributed by atoms with E-state index in [0.29, 0.717) is 19.0 Å². The van der Waals surface area contributed by atoms with Gasteiger partial charge in [0.05, 0.1) is 23.3 Å². The highest BCUT2D eigenvalue weighted by molar-refractivity contribution is 9.10. The number of aromatic nitrogens is 4. The third kappa shape index (κ3) is 1.81. The van der Waals surface area contributed by atoms with Gasteiger partial charge in [0, 0.05) is 18.6 Å². The van der Waals surface area contributed by atoms with Crippen molar-refractivity contribution in [1.82, 2.24) is 20.2 Å². The molecule has 88 valence electrons. The van der Waals surface area contributed by atoms with Gasteiger partial charge in [-0.05, 0) is 22.0 Å². The number of aromatic amines is 1. The topological polar surface area (TPSA) is 77.9 Å². The van der Waals surface area contributed by atoms with E-state index >= 15 is 0 Å². The van der Waals surface area contributed by atoms with Crippen LogP contribution in [0.2, 0.25) is 0 Å². The zero-order chi connectivity index (χ0) is 11.9. The van der Waals surface area contributed by atoms with Gasteiger partial charge >= 0.3 is 0 Å². The van der Waals surface area contributed by atoms with E-state index in [1.807, 2.05) is 4.90 Å². The Morgan fingerprint density at radius 3 is 2.65 bits per heavy atom. The van der Waals surface area contributed by atoms with Crippen LogP contribution in [0.25, 0.3) is 0 Å². The van der Waals surface area contributed by atoms with Crippen LogP contribution in [0.4, 0.5) is 5.95 Å². The summed E-state index contributed by atoms with van der Waals surface area (Å²) < 4.78 is 0.839. The number of aliphatic hydroxyl groups is 1. The van der Waals surface area contributed by atoms with E-state index in [1.165, 1.54) is 0 Å². The Morgan fingerprint density at radius 1 is 1.35 bits per heavy atom.